The molecule has 0 aromatic heterocycles. The molecule has 0 bridgehead atoms. The van der Waals surface area contributed by atoms with E-state index < -0.39 is 11.9 Å². The predicted octanol–water partition coefficient (Wildman–Crippen LogP) is 5.76. The molecule has 0 atom stereocenters. The molecule has 0 heterocycles. The third kappa shape index (κ3) is 5.73. The molecule has 0 aliphatic carbocycles. The molecule has 1 rings (SSSR count). The number of carbonyl (C=O) groups is 2. The van der Waals surface area contributed by atoms with Crippen molar-refractivity contribution in [3.05, 3.63) is 37.3 Å². The van der Waals surface area contributed by atoms with Crippen LogP contribution in [0.5, 0.6) is 5.75 Å². The summed E-state index contributed by atoms with van der Waals surface area (Å²) in [5, 5.41) is -0.600. The first-order valence-electron chi connectivity index (χ1n) is 6.37. The number of halogens is 5. The van der Waals surface area contributed by atoms with Gasteiger partial charge in [-0.05, 0) is 6.42 Å². The van der Waals surface area contributed by atoms with Gasteiger partial charge >= 0.3 is 11.9 Å². The van der Waals surface area contributed by atoms with Crippen molar-refractivity contribution < 1.29 is 19.1 Å². The highest BCUT2D eigenvalue weighted by atomic mass is 35.5. The van der Waals surface area contributed by atoms with Crippen molar-refractivity contribution in [1.29, 1.82) is 0 Å². The van der Waals surface area contributed by atoms with Crippen LogP contribution in [0, 0.1) is 0 Å². The van der Waals surface area contributed by atoms with E-state index in [9.17, 15) is 9.59 Å². The van der Waals surface area contributed by atoms with Crippen molar-refractivity contribution in [3.63, 3.8) is 0 Å². The number of hydrogen-bond acceptors (Lipinski definition) is 4. The molecule has 1 aromatic carbocycles. The largest absolute Gasteiger partial charge is 0.463 e. The molecule has 0 aliphatic heterocycles. The third-order valence-corrected chi connectivity index (χ3v) is 4.71. The summed E-state index contributed by atoms with van der Waals surface area (Å²) in [5.74, 6) is -1.82. The summed E-state index contributed by atoms with van der Waals surface area (Å²) in [5.41, 5.74) is 0. The molecule has 0 spiro atoms. The Balaban J connectivity index is 2.81. The van der Waals surface area contributed by atoms with E-state index >= 15 is 0 Å². The highest BCUT2D eigenvalue weighted by Gasteiger charge is 2.22. The maximum Gasteiger partial charge on any atom is 0.336 e. The van der Waals surface area contributed by atoms with Crippen LogP contribution < -0.4 is 4.74 Å². The Morgan fingerprint density at radius 2 is 1.35 bits per heavy atom. The van der Waals surface area contributed by atoms with E-state index in [-0.39, 0.29) is 37.5 Å². The first-order valence-corrected chi connectivity index (χ1v) is 8.26. The first-order chi connectivity index (χ1) is 10.8. The van der Waals surface area contributed by atoms with Crippen molar-refractivity contribution in [2.45, 2.75) is 19.8 Å². The summed E-state index contributed by atoms with van der Waals surface area (Å²) in [4.78, 5) is 23.0. The summed E-state index contributed by atoms with van der Waals surface area (Å²) < 4.78 is 9.78. The van der Waals surface area contributed by atoms with Gasteiger partial charge < -0.3 is 9.47 Å². The Hall–Kier alpha value is -0.650. The molecule has 0 amide bonds. The minimum Gasteiger partial charge on any atom is -0.463 e. The Bertz CT molecular complexity index is 614. The van der Waals surface area contributed by atoms with Crippen LogP contribution in [0.2, 0.25) is 25.1 Å². The molecule has 4 nitrogen and oxygen atoms in total. The van der Waals surface area contributed by atoms with Crippen LogP contribution in [0.3, 0.4) is 0 Å². The van der Waals surface area contributed by atoms with E-state index in [0.29, 0.717) is 0 Å². The standard InChI is InChI=1S/C14H11Cl5O4/c1-2-3-6-22-7(20)4-5-8(21)23-14-12(18)10(16)9(15)11(17)13(14)19/h4-5H,2-3,6H2,1H3/b5-4+. The summed E-state index contributed by atoms with van der Waals surface area (Å²) in [6.45, 7) is 2.23. The maximum atomic E-state index is 11.7. The number of unbranched alkanes of at least 4 members (excludes halogenated alkanes) is 1. The fourth-order valence-electron chi connectivity index (χ4n) is 1.31. The van der Waals surface area contributed by atoms with Crippen LogP contribution in [0.15, 0.2) is 12.2 Å². The lowest BCUT2D eigenvalue weighted by molar-refractivity contribution is -0.138. The fourth-order valence-corrected chi connectivity index (χ4v) is 2.51. The van der Waals surface area contributed by atoms with Crippen LogP contribution >= 0.6 is 58.0 Å². The van der Waals surface area contributed by atoms with Gasteiger partial charge in [0.05, 0.1) is 21.7 Å². The van der Waals surface area contributed by atoms with Crippen molar-refractivity contribution in [3.8, 4) is 5.75 Å². The second kappa shape index (κ2) is 9.60. The van der Waals surface area contributed by atoms with Gasteiger partial charge in [-0.15, -0.1) is 0 Å². The smallest absolute Gasteiger partial charge is 0.336 e. The monoisotopic (exact) mass is 418 g/mol. The topological polar surface area (TPSA) is 52.6 Å². The summed E-state index contributed by atoms with van der Waals surface area (Å²) in [6.07, 6.45) is 3.42. The second-order valence-corrected chi connectivity index (χ2v) is 6.06. The Morgan fingerprint density at radius 3 is 1.87 bits per heavy atom. The van der Waals surface area contributed by atoms with E-state index in [1.807, 2.05) is 6.92 Å². The van der Waals surface area contributed by atoms with Crippen LogP contribution in [0.25, 0.3) is 0 Å². The number of rotatable bonds is 6. The quantitative estimate of drug-likeness (QED) is 0.147. The fraction of sp³-hybridized carbons (Fsp3) is 0.286. The zero-order valence-electron chi connectivity index (χ0n) is 11.8. The number of ether oxygens (including phenoxy) is 2. The molecule has 126 valence electrons. The van der Waals surface area contributed by atoms with Gasteiger partial charge in [-0.2, -0.15) is 0 Å². The molecule has 0 saturated heterocycles. The third-order valence-electron chi connectivity index (χ3n) is 2.47. The van der Waals surface area contributed by atoms with Gasteiger partial charge in [0.15, 0.2) is 5.75 Å². The number of benzene rings is 1. The number of carbonyl (C=O) groups excluding carboxylic acids is 2. The highest BCUT2D eigenvalue weighted by Crippen LogP contribution is 2.48. The summed E-state index contributed by atoms with van der Waals surface area (Å²) >= 11 is 29.3. The molecule has 0 fully saturated rings. The molecule has 0 unspecified atom stereocenters. The SMILES string of the molecule is CCCCOC(=O)/C=C/C(=O)Oc1c(Cl)c(Cl)c(Cl)c(Cl)c1Cl. The average molecular weight is 421 g/mol. The van der Waals surface area contributed by atoms with Gasteiger partial charge in [0.2, 0.25) is 0 Å². The molecule has 23 heavy (non-hydrogen) atoms. The van der Waals surface area contributed by atoms with Crippen molar-refractivity contribution in [2.24, 2.45) is 0 Å². The minimum atomic E-state index is -0.907. The van der Waals surface area contributed by atoms with Gasteiger partial charge in [0, 0.05) is 12.2 Å². The second-order valence-electron chi connectivity index (χ2n) is 4.17. The van der Waals surface area contributed by atoms with Crippen LogP contribution in [0.1, 0.15) is 19.8 Å². The molecular formula is C14H11Cl5O4. The van der Waals surface area contributed by atoms with E-state index in [1.165, 1.54) is 0 Å². The van der Waals surface area contributed by atoms with Crippen LogP contribution in [0.4, 0.5) is 0 Å². The lowest BCUT2D eigenvalue weighted by atomic mass is 10.3. The van der Waals surface area contributed by atoms with Crippen LogP contribution in [-0.2, 0) is 14.3 Å². The highest BCUT2D eigenvalue weighted by molar-refractivity contribution is 6.55. The molecular weight excluding hydrogens is 409 g/mol. The Morgan fingerprint density at radius 1 is 0.870 bits per heavy atom. The van der Waals surface area contributed by atoms with Gasteiger partial charge in [-0.25, -0.2) is 9.59 Å². The molecule has 9 heteroatoms. The average Bonchev–Trinajstić information content (AvgIpc) is 2.53. The molecule has 0 N–H and O–H groups in total. The Labute approximate surface area is 158 Å². The minimum absolute atomic E-state index is 0.0572. The first kappa shape index (κ1) is 20.4. The van der Waals surface area contributed by atoms with Crippen LogP contribution in [-0.4, -0.2) is 18.5 Å². The van der Waals surface area contributed by atoms with Crippen molar-refractivity contribution >= 4 is 69.9 Å². The Kier molecular flexibility index (Phi) is 8.51. The van der Waals surface area contributed by atoms with Gasteiger partial charge in [-0.3, -0.25) is 0 Å². The number of esters is 2. The van der Waals surface area contributed by atoms with Crippen molar-refractivity contribution in [1.82, 2.24) is 0 Å². The molecule has 1 aromatic rings. The predicted molar refractivity (Wildman–Crippen MR) is 92.1 cm³/mol. The van der Waals surface area contributed by atoms with Gasteiger partial charge in [0.25, 0.3) is 0 Å². The van der Waals surface area contributed by atoms with Gasteiger partial charge in [-0.1, -0.05) is 71.3 Å². The number of hydrogen-bond donors (Lipinski definition) is 0. The van der Waals surface area contributed by atoms with E-state index in [1.54, 1.807) is 0 Å². The van der Waals surface area contributed by atoms with E-state index in [4.69, 9.17) is 67.5 Å². The van der Waals surface area contributed by atoms with Gasteiger partial charge in [0.1, 0.15) is 10.0 Å². The normalized spacial score (nSPS) is 10.9. The summed E-state index contributed by atoms with van der Waals surface area (Å²) in [6, 6.07) is 0. The lowest BCUT2D eigenvalue weighted by Gasteiger charge is -2.11. The zero-order valence-corrected chi connectivity index (χ0v) is 15.6. The van der Waals surface area contributed by atoms with E-state index in [2.05, 4.69) is 0 Å². The van der Waals surface area contributed by atoms with E-state index in [0.717, 1.165) is 25.0 Å². The molecule has 0 radical (unpaired) electrons. The molecule has 0 aliphatic rings. The lowest BCUT2D eigenvalue weighted by Crippen LogP contribution is -2.08. The summed E-state index contributed by atoms with van der Waals surface area (Å²) in [7, 11) is 0. The van der Waals surface area contributed by atoms with Crippen molar-refractivity contribution in [2.75, 3.05) is 6.61 Å². The maximum absolute atomic E-state index is 11.7. The molecule has 0 saturated carbocycles. The zero-order chi connectivity index (χ0) is 17.6.